The molecule has 0 bridgehead atoms. The Morgan fingerprint density at radius 3 is 2.63 bits per heavy atom. The third-order valence-electron chi connectivity index (χ3n) is 2.81. The van der Waals surface area contributed by atoms with Crippen LogP contribution in [0, 0.1) is 6.92 Å². The van der Waals surface area contributed by atoms with E-state index < -0.39 is 5.97 Å². The predicted octanol–water partition coefficient (Wildman–Crippen LogP) is 1.61. The number of carboxylic acid groups (broad SMARTS) is 1. The molecule has 0 unspecified atom stereocenters. The minimum atomic E-state index is -1.07. The number of benzene rings is 1. The Labute approximate surface area is 109 Å². The summed E-state index contributed by atoms with van der Waals surface area (Å²) in [6.45, 7) is 1.46. The van der Waals surface area contributed by atoms with Crippen LogP contribution in [0.25, 0.3) is 11.1 Å². The summed E-state index contributed by atoms with van der Waals surface area (Å²) in [5.41, 5.74) is 2.07. The van der Waals surface area contributed by atoms with E-state index in [2.05, 4.69) is 0 Å². The number of aromatic nitrogens is 1. The Kier molecular flexibility index (Phi) is 3.37. The number of hydrogen-bond acceptors (Lipinski definition) is 3. The third kappa shape index (κ3) is 2.82. The van der Waals surface area contributed by atoms with E-state index in [0.29, 0.717) is 0 Å². The van der Waals surface area contributed by atoms with Crippen LogP contribution in [0.1, 0.15) is 5.56 Å². The number of carboxylic acids is 1. The summed E-state index contributed by atoms with van der Waals surface area (Å²) in [5, 5.41) is 18.1. The van der Waals surface area contributed by atoms with Crippen LogP contribution in [-0.4, -0.2) is 20.7 Å². The van der Waals surface area contributed by atoms with Gasteiger partial charge in [-0.1, -0.05) is 6.07 Å². The highest BCUT2D eigenvalue weighted by molar-refractivity contribution is 5.69. The molecule has 1 aromatic carbocycles. The van der Waals surface area contributed by atoms with E-state index in [-0.39, 0.29) is 17.9 Å². The van der Waals surface area contributed by atoms with E-state index in [1.807, 2.05) is 6.92 Å². The van der Waals surface area contributed by atoms with Gasteiger partial charge < -0.3 is 14.8 Å². The molecule has 2 aromatic rings. The number of aromatic hydroxyl groups is 1. The van der Waals surface area contributed by atoms with E-state index in [4.69, 9.17) is 5.11 Å². The van der Waals surface area contributed by atoms with Gasteiger partial charge in [0.1, 0.15) is 12.3 Å². The summed E-state index contributed by atoms with van der Waals surface area (Å²) in [6.07, 6.45) is 1.51. The molecule has 2 rings (SSSR count). The molecule has 1 aromatic heterocycles. The fourth-order valence-corrected chi connectivity index (χ4v) is 1.93. The predicted molar refractivity (Wildman–Crippen MR) is 70.2 cm³/mol. The lowest BCUT2D eigenvalue weighted by molar-refractivity contribution is -0.137. The molecule has 0 saturated heterocycles. The first-order chi connectivity index (χ1) is 8.97. The number of rotatable bonds is 3. The van der Waals surface area contributed by atoms with Gasteiger partial charge in [-0.3, -0.25) is 9.59 Å². The number of aliphatic carboxylic acids is 1. The second kappa shape index (κ2) is 4.97. The largest absolute Gasteiger partial charge is 0.508 e. The number of nitrogens with zero attached hydrogens (tertiary/aromatic N) is 1. The number of phenolic OH excluding ortho intramolecular Hbond substituents is 1. The molecule has 0 amide bonds. The van der Waals surface area contributed by atoms with Crippen LogP contribution in [0.2, 0.25) is 0 Å². The summed E-state index contributed by atoms with van der Waals surface area (Å²) in [6, 6.07) is 7.87. The summed E-state index contributed by atoms with van der Waals surface area (Å²) in [4.78, 5) is 22.2. The van der Waals surface area contributed by atoms with E-state index in [9.17, 15) is 14.7 Å². The molecule has 0 aliphatic rings. The topological polar surface area (TPSA) is 79.5 Å². The van der Waals surface area contributed by atoms with Crippen molar-refractivity contribution in [1.29, 1.82) is 0 Å². The summed E-state index contributed by atoms with van der Waals surface area (Å²) in [7, 11) is 0. The summed E-state index contributed by atoms with van der Waals surface area (Å²) < 4.78 is 1.14. The average Bonchev–Trinajstić information content (AvgIpc) is 2.32. The molecule has 0 radical (unpaired) electrons. The Hall–Kier alpha value is -2.56. The number of carbonyl (C=O) groups is 1. The van der Waals surface area contributed by atoms with Crippen molar-refractivity contribution in [2.45, 2.75) is 13.5 Å². The Morgan fingerprint density at radius 1 is 1.26 bits per heavy atom. The smallest absolute Gasteiger partial charge is 0.323 e. The van der Waals surface area contributed by atoms with Gasteiger partial charge in [0.15, 0.2) is 0 Å². The zero-order valence-electron chi connectivity index (χ0n) is 10.3. The van der Waals surface area contributed by atoms with Gasteiger partial charge in [-0.05, 0) is 41.8 Å². The molecule has 98 valence electrons. The molecule has 0 fully saturated rings. The van der Waals surface area contributed by atoms with Gasteiger partial charge in [-0.2, -0.15) is 0 Å². The second-order valence-electron chi connectivity index (χ2n) is 4.28. The number of aryl methyl sites for hydroxylation is 1. The SMILES string of the molecule is Cc1cc(O)ccc1-c1ccc(=O)n(CC(=O)O)c1. The van der Waals surface area contributed by atoms with Crippen molar-refractivity contribution < 1.29 is 15.0 Å². The van der Waals surface area contributed by atoms with Crippen molar-refractivity contribution in [3.63, 3.8) is 0 Å². The highest BCUT2D eigenvalue weighted by Crippen LogP contribution is 2.25. The highest BCUT2D eigenvalue weighted by atomic mass is 16.4. The maximum absolute atomic E-state index is 11.5. The molecule has 19 heavy (non-hydrogen) atoms. The van der Waals surface area contributed by atoms with Crippen molar-refractivity contribution in [1.82, 2.24) is 4.57 Å². The van der Waals surface area contributed by atoms with Crippen LogP contribution in [0.4, 0.5) is 0 Å². The van der Waals surface area contributed by atoms with Gasteiger partial charge in [0, 0.05) is 12.3 Å². The zero-order chi connectivity index (χ0) is 14.0. The quantitative estimate of drug-likeness (QED) is 0.877. The van der Waals surface area contributed by atoms with Crippen molar-refractivity contribution in [3.05, 3.63) is 52.4 Å². The van der Waals surface area contributed by atoms with Gasteiger partial charge in [-0.25, -0.2) is 0 Å². The van der Waals surface area contributed by atoms with E-state index in [1.165, 1.54) is 12.3 Å². The fraction of sp³-hybridized carbons (Fsp3) is 0.143. The lowest BCUT2D eigenvalue weighted by atomic mass is 10.0. The van der Waals surface area contributed by atoms with Crippen LogP contribution in [0.5, 0.6) is 5.75 Å². The van der Waals surface area contributed by atoms with Gasteiger partial charge in [-0.15, -0.1) is 0 Å². The molecule has 5 nitrogen and oxygen atoms in total. The minimum Gasteiger partial charge on any atom is -0.508 e. The molecule has 5 heteroatoms. The van der Waals surface area contributed by atoms with E-state index >= 15 is 0 Å². The van der Waals surface area contributed by atoms with Gasteiger partial charge in [0.25, 0.3) is 5.56 Å². The van der Waals surface area contributed by atoms with Gasteiger partial charge >= 0.3 is 5.97 Å². The van der Waals surface area contributed by atoms with Crippen molar-refractivity contribution in [3.8, 4) is 16.9 Å². The van der Waals surface area contributed by atoms with Crippen LogP contribution in [-0.2, 0) is 11.3 Å². The molecule has 0 spiro atoms. The third-order valence-corrected chi connectivity index (χ3v) is 2.81. The first-order valence-corrected chi connectivity index (χ1v) is 5.69. The molecular weight excluding hydrogens is 246 g/mol. The average molecular weight is 259 g/mol. The highest BCUT2D eigenvalue weighted by Gasteiger charge is 2.07. The Balaban J connectivity index is 2.51. The summed E-state index contributed by atoms with van der Waals surface area (Å²) >= 11 is 0. The molecule has 0 aliphatic heterocycles. The second-order valence-corrected chi connectivity index (χ2v) is 4.28. The molecule has 1 heterocycles. The molecule has 0 aliphatic carbocycles. The fourth-order valence-electron chi connectivity index (χ4n) is 1.93. The van der Waals surface area contributed by atoms with E-state index in [1.54, 1.807) is 24.3 Å². The van der Waals surface area contributed by atoms with Crippen LogP contribution in [0.3, 0.4) is 0 Å². The molecule has 0 atom stereocenters. The first kappa shape index (κ1) is 12.9. The van der Waals surface area contributed by atoms with Crippen molar-refractivity contribution in [2.24, 2.45) is 0 Å². The normalized spacial score (nSPS) is 10.4. The standard InChI is InChI=1S/C14H13NO4/c1-9-6-11(16)3-4-12(9)10-2-5-13(17)15(7-10)8-14(18)19/h2-7,16H,8H2,1H3,(H,18,19). The minimum absolute atomic E-state index is 0.167. The van der Waals surface area contributed by atoms with Crippen LogP contribution >= 0.6 is 0 Å². The monoisotopic (exact) mass is 259 g/mol. The Morgan fingerprint density at radius 2 is 2.00 bits per heavy atom. The van der Waals surface area contributed by atoms with Crippen LogP contribution < -0.4 is 5.56 Å². The molecule has 0 saturated carbocycles. The number of phenols is 1. The maximum atomic E-state index is 11.5. The lowest BCUT2D eigenvalue weighted by Crippen LogP contribution is -2.22. The number of hydrogen-bond donors (Lipinski definition) is 2. The molecule has 2 N–H and O–H groups in total. The van der Waals surface area contributed by atoms with Crippen LogP contribution in [0.15, 0.2) is 41.3 Å². The maximum Gasteiger partial charge on any atom is 0.323 e. The number of pyridine rings is 1. The zero-order valence-corrected chi connectivity index (χ0v) is 10.3. The Bertz CT molecular complexity index is 688. The molecular formula is C14H13NO4. The van der Waals surface area contributed by atoms with Gasteiger partial charge in [0.2, 0.25) is 0 Å². The van der Waals surface area contributed by atoms with Crippen molar-refractivity contribution in [2.75, 3.05) is 0 Å². The summed E-state index contributed by atoms with van der Waals surface area (Å²) in [5.74, 6) is -0.901. The lowest BCUT2D eigenvalue weighted by Gasteiger charge is -2.09. The van der Waals surface area contributed by atoms with Crippen molar-refractivity contribution >= 4 is 5.97 Å². The van der Waals surface area contributed by atoms with Gasteiger partial charge in [0.05, 0.1) is 0 Å². The first-order valence-electron chi connectivity index (χ1n) is 5.69. The van der Waals surface area contributed by atoms with E-state index in [0.717, 1.165) is 21.3 Å².